The third kappa shape index (κ3) is 4.59. The van der Waals surface area contributed by atoms with Gasteiger partial charge in [-0.3, -0.25) is 4.68 Å². The summed E-state index contributed by atoms with van der Waals surface area (Å²) in [7, 11) is 0. The van der Waals surface area contributed by atoms with E-state index in [0.717, 1.165) is 24.5 Å². The van der Waals surface area contributed by atoms with Crippen molar-refractivity contribution in [3.05, 3.63) is 41.9 Å². The number of alkyl halides is 3. The Morgan fingerprint density at radius 2 is 1.79 bits per heavy atom. The van der Waals surface area contributed by atoms with Crippen LogP contribution in [0.5, 0.6) is 0 Å². The normalized spacial score (nSPS) is 16.8. The predicted molar refractivity (Wildman–Crippen MR) is 90.1 cm³/mol. The first-order chi connectivity index (χ1) is 13.1. The molecule has 0 amide bonds. The number of carbonyl (C=O) groups is 2. The van der Waals surface area contributed by atoms with Crippen molar-refractivity contribution in [2.24, 2.45) is 5.41 Å². The summed E-state index contributed by atoms with van der Waals surface area (Å²) in [5.74, 6) is -2.68. The molecule has 150 valence electrons. The first-order valence-corrected chi connectivity index (χ1v) is 8.34. The number of hydrogen-bond acceptors (Lipinski definition) is 5. The number of rotatable bonds is 4. The number of aromatic carboxylic acids is 1. The maximum atomic E-state index is 10.8. The standard InChI is InChI=1S/C15H16N4O2.C2HF3O2/c20-14(21)12-6-17-19(8-12)7-11-1-2-13(16-5-11)18-9-15(10-18)3-4-15;3-2(4,5)1(6)7/h1-2,5-6,8H,3-4,7,9-10H2,(H,20,21);(H,6,7). The van der Waals surface area contributed by atoms with Gasteiger partial charge in [0.05, 0.1) is 18.3 Å². The van der Waals surface area contributed by atoms with E-state index in [2.05, 4.69) is 15.0 Å². The van der Waals surface area contributed by atoms with Crippen LogP contribution in [0.3, 0.4) is 0 Å². The molecule has 0 radical (unpaired) electrons. The second kappa shape index (κ2) is 7.13. The van der Waals surface area contributed by atoms with Gasteiger partial charge < -0.3 is 15.1 Å². The average Bonchev–Trinajstić information content (AvgIpc) is 3.26. The van der Waals surface area contributed by atoms with Gasteiger partial charge in [0, 0.05) is 30.9 Å². The summed E-state index contributed by atoms with van der Waals surface area (Å²) in [4.78, 5) is 26.5. The lowest BCUT2D eigenvalue weighted by Crippen LogP contribution is -2.48. The van der Waals surface area contributed by atoms with Gasteiger partial charge >= 0.3 is 18.1 Å². The summed E-state index contributed by atoms with van der Waals surface area (Å²) in [5.41, 5.74) is 1.85. The van der Waals surface area contributed by atoms with Crippen LogP contribution in [0.2, 0.25) is 0 Å². The zero-order valence-electron chi connectivity index (χ0n) is 14.6. The van der Waals surface area contributed by atoms with E-state index in [1.807, 2.05) is 18.3 Å². The summed E-state index contributed by atoms with van der Waals surface area (Å²) in [6.07, 6.45) is 2.39. The number of anilines is 1. The van der Waals surface area contributed by atoms with Crippen LogP contribution in [0.25, 0.3) is 0 Å². The lowest BCUT2D eigenvalue weighted by Gasteiger charge is -2.40. The molecular weight excluding hydrogens is 381 g/mol. The van der Waals surface area contributed by atoms with Gasteiger partial charge in [0.1, 0.15) is 5.82 Å². The molecule has 2 fully saturated rings. The van der Waals surface area contributed by atoms with Crippen LogP contribution in [-0.2, 0) is 11.3 Å². The smallest absolute Gasteiger partial charge is 0.478 e. The molecule has 0 unspecified atom stereocenters. The number of halogens is 3. The first kappa shape index (κ1) is 19.6. The maximum Gasteiger partial charge on any atom is 0.490 e. The van der Waals surface area contributed by atoms with Crippen molar-refractivity contribution >= 4 is 17.8 Å². The quantitative estimate of drug-likeness (QED) is 0.813. The van der Waals surface area contributed by atoms with Crippen molar-refractivity contribution in [1.29, 1.82) is 0 Å². The van der Waals surface area contributed by atoms with Gasteiger partial charge in [0.15, 0.2) is 0 Å². The maximum absolute atomic E-state index is 10.8. The van der Waals surface area contributed by atoms with E-state index >= 15 is 0 Å². The Morgan fingerprint density at radius 3 is 2.21 bits per heavy atom. The van der Waals surface area contributed by atoms with Crippen molar-refractivity contribution in [3.63, 3.8) is 0 Å². The Labute approximate surface area is 157 Å². The third-order valence-electron chi connectivity index (χ3n) is 4.61. The molecular formula is C17H17F3N4O4. The lowest BCUT2D eigenvalue weighted by molar-refractivity contribution is -0.192. The van der Waals surface area contributed by atoms with E-state index < -0.39 is 18.1 Å². The molecule has 0 aromatic carbocycles. The molecule has 2 N–H and O–H groups in total. The Morgan fingerprint density at radius 1 is 1.14 bits per heavy atom. The fourth-order valence-electron chi connectivity index (χ4n) is 2.86. The molecule has 4 rings (SSSR count). The van der Waals surface area contributed by atoms with Crippen LogP contribution in [0, 0.1) is 5.41 Å². The highest BCUT2D eigenvalue weighted by Gasteiger charge is 2.52. The number of carboxylic acid groups (broad SMARTS) is 2. The summed E-state index contributed by atoms with van der Waals surface area (Å²) >= 11 is 0. The molecule has 2 aromatic heterocycles. The van der Waals surface area contributed by atoms with E-state index in [9.17, 15) is 18.0 Å². The summed E-state index contributed by atoms with van der Waals surface area (Å²) in [6.45, 7) is 2.81. The topological polar surface area (TPSA) is 109 Å². The monoisotopic (exact) mass is 398 g/mol. The fourth-order valence-corrected chi connectivity index (χ4v) is 2.86. The minimum Gasteiger partial charge on any atom is -0.478 e. The Balaban J connectivity index is 0.000000279. The molecule has 1 aliphatic carbocycles. The van der Waals surface area contributed by atoms with E-state index in [4.69, 9.17) is 15.0 Å². The van der Waals surface area contributed by atoms with Crippen LogP contribution in [0.4, 0.5) is 19.0 Å². The van der Waals surface area contributed by atoms with Crippen molar-refractivity contribution in [1.82, 2.24) is 14.8 Å². The highest BCUT2D eigenvalue weighted by molar-refractivity contribution is 5.86. The largest absolute Gasteiger partial charge is 0.490 e. The molecule has 1 saturated heterocycles. The van der Waals surface area contributed by atoms with Gasteiger partial charge in [-0.15, -0.1) is 0 Å². The molecule has 1 saturated carbocycles. The summed E-state index contributed by atoms with van der Waals surface area (Å²) < 4.78 is 33.4. The molecule has 0 atom stereocenters. The fraction of sp³-hybridized carbons (Fsp3) is 0.412. The average molecular weight is 398 g/mol. The molecule has 8 nitrogen and oxygen atoms in total. The van der Waals surface area contributed by atoms with E-state index in [0.29, 0.717) is 12.0 Å². The van der Waals surface area contributed by atoms with Gasteiger partial charge in [-0.2, -0.15) is 18.3 Å². The second-order valence-corrected chi connectivity index (χ2v) is 6.92. The van der Waals surface area contributed by atoms with Crippen molar-refractivity contribution < 1.29 is 33.0 Å². The number of aliphatic carboxylic acids is 1. The molecule has 2 aliphatic rings. The number of carboxylic acids is 2. The predicted octanol–water partition coefficient (Wildman–Crippen LogP) is 2.26. The second-order valence-electron chi connectivity index (χ2n) is 6.92. The molecule has 1 aliphatic heterocycles. The van der Waals surface area contributed by atoms with Crippen LogP contribution in [0.1, 0.15) is 28.8 Å². The minimum absolute atomic E-state index is 0.204. The Hall–Kier alpha value is -3.11. The minimum atomic E-state index is -5.08. The highest BCUT2D eigenvalue weighted by Crippen LogP contribution is 2.53. The molecule has 0 bridgehead atoms. The van der Waals surface area contributed by atoms with Gasteiger partial charge in [-0.05, 0) is 24.5 Å². The van der Waals surface area contributed by atoms with Gasteiger partial charge in [-0.1, -0.05) is 6.07 Å². The zero-order valence-corrected chi connectivity index (χ0v) is 14.6. The zero-order chi connectivity index (χ0) is 20.5. The van der Waals surface area contributed by atoms with Gasteiger partial charge in [0.25, 0.3) is 0 Å². The van der Waals surface area contributed by atoms with E-state index in [1.165, 1.54) is 25.2 Å². The number of pyridine rings is 1. The van der Waals surface area contributed by atoms with Crippen LogP contribution >= 0.6 is 0 Å². The first-order valence-electron chi connectivity index (χ1n) is 8.34. The summed E-state index contributed by atoms with van der Waals surface area (Å²) in [5, 5.41) is 20.0. The SMILES string of the molecule is O=C(O)C(F)(F)F.O=C(O)c1cnn(Cc2ccc(N3CC4(CC4)C3)nc2)c1. The molecule has 3 heterocycles. The number of hydrogen-bond donors (Lipinski definition) is 2. The lowest BCUT2D eigenvalue weighted by atomic mass is 9.97. The Kier molecular flexibility index (Phi) is 5.01. The van der Waals surface area contributed by atoms with Crippen LogP contribution in [-0.4, -0.2) is 56.2 Å². The molecule has 11 heteroatoms. The Bertz CT molecular complexity index is 867. The number of nitrogens with zero attached hydrogens (tertiary/aromatic N) is 4. The number of aromatic nitrogens is 3. The van der Waals surface area contributed by atoms with E-state index in [-0.39, 0.29) is 5.56 Å². The van der Waals surface area contributed by atoms with Crippen molar-refractivity contribution in [2.75, 3.05) is 18.0 Å². The summed E-state index contributed by atoms with van der Waals surface area (Å²) in [6, 6.07) is 4.06. The third-order valence-corrected chi connectivity index (χ3v) is 4.61. The van der Waals surface area contributed by atoms with Crippen molar-refractivity contribution in [2.45, 2.75) is 25.6 Å². The van der Waals surface area contributed by atoms with Crippen LogP contribution < -0.4 is 4.90 Å². The van der Waals surface area contributed by atoms with Crippen molar-refractivity contribution in [3.8, 4) is 0 Å². The molecule has 1 spiro atoms. The highest BCUT2D eigenvalue weighted by atomic mass is 19.4. The van der Waals surface area contributed by atoms with Gasteiger partial charge in [-0.25, -0.2) is 14.6 Å². The van der Waals surface area contributed by atoms with E-state index in [1.54, 1.807) is 4.68 Å². The molecule has 28 heavy (non-hydrogen) atoms. The van der Waals surface area contributed by atoms with Crippen LogP contribution in [0.15, 0.2) is 30.7 Å². The van der Waals surface area contributed by atoms with Gasteiger partial charge in [0.2, 0.25) is 0 Å². The molecule has 2 aromatic rings.